The van der Waals surface area contributed by atoms with Crippen LogP contribution in [-0.2, 0) is 0 Å². The lowest BCUT2D eigenvalue weighted by Gasteiger charge is -2.44. The van der Waals surface area contributed by atoms with Gasteiger partial charge in [-0.05, 0) is 31.7 Å². The van der Waals surface area contributed by atoms with Crippen LogP contribution in [0, 0.1) is 5.92 Å². The van der Waals surface area contributed by atoms with Gasteiger partial charge in [0, 0.05) is 18.6 Å². The van der Waals surface area contributed by atoms with Crippen LogP contribution < -0.4 is 5.73 Å². The van der Waals surface area contributed by atoms with Crippen LogP contribution >= 0.6 is 0 Å². The Morgan fingerprint density at radius 1 is 1.12 bits per heavy atom. The van der Waals surface area contributed by atoms with Gasteiger partial charge in [-0.3, -0.25) is 4.90 Å². The molecule has 0 saturated heterocycles. The van der Waals surface area contributed by atoms with Crippen LogP contribution in [0.5, 0.6) is 0 Å². The quantitative estimate of drug-likeness (QED) is 0.721. The highest BCUT2D eigenvalue weighted by atomic mass is 15.2. The zero-order chi connectivity index (χ0) is 12.7. The Labute approximate surface area is 108 Å². The van der Waals surface area contributed by atoms with Crippen molar-refractivity contribution >= 4 is 0 Å². The van der Waals surface area contributed by atoms with Crippen LogP contribution in [0.15, 0.2) is 0 Å². The maximum absolute atomic E-state index is 6.17. The van der Waals surface area contributed by atoms with Gasteiger partial charge in [0.15, 0.2) is 0 Å². The average Bonchev–Trinajstić information content (AvgIpc) is 2.54. The lowest BCUT2D eigenvalue weighted by molar-refractivity contribution is 0.0657. The van der Waals surface area contributed by atoms with Crippen LogP contribution in [-0.4, -0.2) is 30.1 Å². The highest BCUT2D eigenvalue weighted by Crippen LogP contribution is 2.32. The molecule has 1 saturated carbocycles. The highest BCUT2D eigenvalue weighted by molar-refractivity contribution is 4.93. The van der Waals surface area contributed by atoms with Gasteiger partial charge in [0.25, 0.3) is 0 Å². The van der Waals surface area contributed by atoms with Gasteiger partial charge in [0.05, 0.1) is 0 Å². The molecule has 0 unspecified atom stereocenters. The van der Waals surface area contributed by atoms with Crippen molar-refractivity contribution in [1.29, 1.82) is 0 Å². The molecule has 0 aromatic heterocycles. The third-order valence-electron chi connectivity index (χ3n) is 4.16. The first-order chi connectivity index (χ1) is 8.14. The molecule has 1 fully saturated rings. The normalized spacial score (nSPS) is 20.8. The summed E-state index contributed by atoms with van der Waals surface area (Å²) in [4.78, 5) is 2.71. The molecule has 17 heavy (non-hydrogen) atoms. The van der Waals surface area contributed by atoms with E-state index in [4.69, 9.17) is 5.73 Å². The Balaban J connectivity index is 2.75. The number of hydrogen-bond donors (Lipinski definition) is 1. The van der Waals surface area contributed by atoms with E-state index in [9.17, 15) is 0 Å². The summed E-state index contributed by atoms with van der Waals surface area (Å²) in [5.41, 5.74) is 6.49. The number of nitrogens with zero attached hydrogens (tertiary/aromatic N) is 1. The smallest absolute Gasteiger partial charge is 0.0331 e. The van der Waals surface area contributed by atoms with Gasteiger partial charge >= 0.3 is 0 Å². The fraction of sp³-hybridized carbons (Fsp3) is 1.00. The van der Waals surface area contributed by atoms with Gasteiger partial charge in [-0.1, -0.05) is 46.5 Å². The highest BCUT2D eigenvalue weighted by Gasteiger charge is 2.35. The molecule has 2 N–H and O–H groups in total. The topological polar surface area (TPSA) is 29.3 Å². The van der Waals surface area contributed by atoms with Crippen LogP contribution in [0.3, 0.4) is 0 Å². The van der Waals surface area contributed by atoms with Crippen molar-refractivity contribution in [2.75, 3.05) is 19.6 Å². The van der Waals surface area contributed by atoms with Crippen LogP contribution in [0.25, 0.3) is 0 Å². The SMILES string of the molecule is CCCN(CC(C)C)C1(CN)CCCCCC1. The lowest BCUT2D eigenvalue weighted by Crippen LogP contribution is -2.55. The Morgan fingerprint density at radius 2 is 1.71 bits per heavy atom. The van der Waals surface area contributed by atoms with E-state index in [1.54, 1.807) is 0 Å². The third kappa shape index (κ3) is 4.26. The maximum Gasteiger partial charge on any atom is 0.0331 e. The monoisotopic (exact) mass is 240 g/mol. The molecular formula is C15H32N2. The fourth-order valence-corrected chi connectivity index (χ4v) is 3.27. The summed E-state index contributed by atoms with van der Waals surface area (Å²) in [6, 6.07) is 0. The molecule has 1 aliphatic rings. The second-order valence-electron chi connectivity index (χ2n) is 6.18. The first-order valence-electron chi connectivity index (χ1n) is 7.60. The van der Waals surface area contributed by atoms with Crippen LogP contribution in [0.1, 0.15) is 65.7 Å². The zero-order valence-electron chi connectivity index (χ0n) is 12.2. The summed E-state index contributed by atoms with van der Waals surface area (Å²) in [7, 11) is 0. The second-order valence-corrected chi connectivity index (χ2v) is 6.18. The van der Waals surface area contributed by atoms with Crippen molar-refractivity contribution in [2.24, 2.45) is 11.7 Å². The fourth-order valence-electron chi connectivity index (χ4n) is 3.27. The average molecular weight is 240 g/mol. The summed E-state index contributed by atoms with van der Waals surface area (Å²) in [6.07, 6.45) is 9.43. The van der Waals surface area contributed by atoms with Gasteiger partial charge < -0.3 is 5.73 Å². The molecule has 0 spiro atoms. The van der Waals surface area contributed by atoms with Gasteiger partial charge in [-0.15, -0.1) is 0 Å². The zero-order valence-corrected chi connectivity index (χ0v) is 12.2. The largest absolute Gasteiger partial charge is 0.329 e. The van der Waals surface area contributed by atoms with E-state index >= 15 is 0 Å². The molecule has 0 aromatic rings. The molecule has 0 amide bonds. The van der Waals surface area contributed by atoms with E-state index in [1.165, 1.54) is 58.0 Å². The minimum Gasteiger partial charge on any atom is -0.329 e. The molecule has 2 nitrogen and oxygen atoms in total. The Morgan fingerprint density at radius 3 is 2.12 bits per heavy atom. The second kappa shape index (κ2) is 7.38. The van der Waals surface area contributed by atoms with Crippen molar-refractivity contribution in [1.82, 2.24) is 4.90 Å². The van der Waals surface area contributed by atoms with E-state index in [1.807, 2.05) is 0 Å². The molecule has 1 rings (SSSR count). The van der Waals surface area contributed by atoms with Crippen molar-refractivity contribution < 1.29 is 0 Å². The number of hydrogen-bond acceptors (Lipinski definition) is 2. The Bertz CT molecular complexity index is 193. The van der Waals surface area contributed by atoms with Gasteiger partial charge in [0.1, 0.15) is 0 Å². The summed E-state index contributed by atoms with van der Waals surface area (Å²) in [6.45, 7) is 10.2. The van der Waals surface area contributed by atoms with E-state index in [-0.39, 0.29) is 0 Å². The van der Waals surface area contributed by atoms with Gasteiger partial charge in [-0.25, -0.2) is 0 Å². The summed E-state index contributed by atoms with van der Waals surface area (Å²) >= 11 is 0. The number of nitrogens with two attached hydrogens (primary N) is 1. The molecule has 0 atom stereocenters. The van der Waals surface area contributed by atoms with E-state index in [2.05, 4.69) is 25.7 Å². The summed E-state index contributed by atoms with van der Waals surface area (Å²) < 4.78 is 0. The standard InChI is InChI=1S/C15H32N2/c1-4-11-17(12-14(2)3)15(13-16)9-7-5-6-8-10-15/h14H,4-13,16H2,1-3H3. The molecule has 0 bridgehead atoms. The van der Waals surface area contributed by atoms with Gasteiger partial charge in [0.2, 0.25) is 0 Å². The Kier molecular flexibility index (Phi) is 6.50. The molecule has 2 heteroatoms. The van der Waals surface area contributed by atoms with Crippen molar-refractivity contribution in [3.63, 3.8) is 0 Å². The number of rotatable bonds is 6. The first kappa shape index (κ1) is 15.0. The summed E-state index contributed by atoms with van der Waals surface area (Å²) in [5.74, 6) is 0.744. The first-order valence-corrected chi connectivity index (χ1v) is 7.60. The van der Waals surface area contributed by atoms with E-state index in [0.29, 0.717) is 5.54 Å². The molecule has 0 aliphatic heterocycles. The maximum atomic E-state index is 6.17. The molecule has 102 valence electrons. The van der Waals surface area contributed by atoms with Crippen LogP contribution in [0.4, 0.5) is 0 Å². The molecule has 0 aromatic carbocycles. The lowest BCUT2D eigenvalue weighted by atomic mass is 9.87. The van der Waals surface area contributed by atoms with Crippen LogP contribution in [0.2, 0.25) is 0 Å². The van der Waals surface area contributed by atoms with Crippen molar-refractivity contribution in [3.05, 3.63) is 0 Å². The predicted molar refractivity (Wildman–Crippen MR) is 76.2 cm³/mol. The minimum atomic E-state index is 0.316. The Hall–Kier alpha value is -0.0800. The summed E-state index contributed by atoms with van der Waals surface area (Å²) in [5, 5.41) is 0. The van der Waals surface area contributed by atoms with Gasteiger partial charge in [-0.2, -0.15) is 0 Å². The van der Waals surface area contributed by atoms with E-state index in [0.717, 1.165) is 12.5 Å². The molecule has 0 heterocycles. The molecule has 1 aliphatic carbocycles. The molecular weight excluding hydrogens is 208 g/mol. The van der Waals surface area contributed by atoms with Crippen molar-refractivity contribution in [3.8, 4) is 0 Å². The van der Waals surface area contributed by atoms with Crippen molar-refractivity contribution in [2.45, 2.75) is 71.3 Å². The molecule has 0 radical (unpaired) electrons. The van der Waals surface area contributed by atoms with E-state index < -0.39 is 0 Å². The third-order valence-corrected chi connectivity index (χ3v) is 4.16. The predicted octanol–water partition coefficient (Wildman–Crippen LogP) is 3.41. The minimum absolute atomic E-state index is 0.316.